The van der Waals surface area contributed by atoms with E-state index >= 15 is 0 Å². The third kappa shape index (κ3) is 58.2. The van der Waals surface area contributed by atoms with Crippen LogP contribution in [0, 0.1) is 17.3 Å². The van der Waals surface area contributed by atoms with E-state index in [1.54, 1.807) is 114 Å². The van der Waals surface area contributed by atoms with Crippen LogP contribution in [0.1, 0.15) is 215 Å². The molecule has 0 spiro atoms. The zero-order valence-electron chi connectivity index (χ0n) is 86.6. The monoisotopic (exact) mass is 2060 g/mol. The molecule has 36 heteroatoms. The number of ether oxygens (including phenoxy) is 12. The van der Waals surface area contributed by atoms with Gasteiger partial charge < -0.3 is 88.7 Å². The summed E-state index contributed by atoms with van der Waals surface area (Å²) in [4.78, 5) is 210. The summed E-state index contributed by atoms with van der Waals surface area (Å²) in [5.41, 5.74) is 4.90. The van der Waals surface area contributed by atoms with Crippen LogP contribution in [0.2, 0.25) is 0 Å². The van der Waals surface area contributed by atoms with E-state index in [0.29, 0.717) is 12.0 Å². The molecule has 1 fully saturated rings. The van der Waals surface area contributed by atoms with E-state index in [9.17, 15) is 86.3 Å². The van der Waals surface area contributed by atoms with Crippen molar-refractivity contribution in [1.29, 1.82) is 0 Å². The number of benzene rings is 7. The maximum Gasteiger partial charge on any atom is 0.331 e. The molecule has 36 nitrogen and oxygen atoms in total. The summed E-state index contributed by atoms with van der Waals surface area (Å²) >= 11 is 0. The average Bonchev–Trinajstić information content (AvgIpc) is 0.875. The highest BCUT2D eigenvalue weighted by molar-refractivity contribution is 5.97. The molecule has 6 amide bonds. The Balaban J connectivity index is 0.000000460. The lowest BCUT2D eigenvalue weighted by Crippen LogP contribution is -2.39. The van der Waals surface area contributed by atoms with E-state index in [4.69, 9.17) is 42.6 Å². The fourth-order valence-electron chi connectivity index (χ4n) is 12.5. The minimum absolute atomic E-state index is 0.00154. The molecule has 0 radical (unpaired) electrons. The van der Waals surface area contributed by atoms with Gasteiger partial charge >= 0.3 is 71.6 Å². The minimum Gasteiger partial charge on any atom is -0.463 e. The molecule has 0 unspecified atom stereocenters. The Morgan fingerprint density at radius 3 is 0.772 bits per heavy atom. The molecule has 7 aromatic rings. The van der Waals surface area contributed by atoms with Crippen LogP contribution in [0.15, 0.2) is 285 Å². The van der Waals surface area contributed by atoms with Crippen molar-refractivity contribution in [1.82, 2.24) is 31.9 Å². The van der Waals surface area contributed by atoms with Crippen LogP contribution in [0.3, 0.4) is 0 Å². The lowest BCUT2D eigenvalue weighted by atomic mass is 9.88. The van der Waals surface area contributed by atoms with Gasteiger partial charge in [-0.1, -0.05) is 261 Å². The second kappa shape index (κ2) is 74.3. The van der Waals surface area contributed by atoms with Crippen molar-refractivity contribution in [2.45, 2.75) is 178 Å². The summed E-state index contributed by atoms with van der Waals surface area (Å²) in [6, 6.07) is 61.4. The third-order valence-corrected chi connectivity index (χ3v) is 20.0. The van der Waals surface area contributed by atoms with Crippen molar-refractivity contribution in [3.8, 4) is 0 Å². The molecule has 1 aliphatic carbocycles. The van der Waals surface area contributed by atoms with E-state index in [0.717, 1.165) is 132 Å². The largest absolute Gasteiger partial charge is 0.463 e. The quantitative estimate of drug-likeness (QED) is 0.0117. The van der Waals surface area contributed by atoms with E-state index in [2.05, 4.69) is 46.1 Å². The molecule has 1 saturated carbocycles. The van der Waals surface area contributed by atoms with E-state index < -0.39 is 113 Å². The van der Waals surface area contributed by atoms with E-state index in [1.165, 1.54) is 13.3 Å². The SMILES string of the molecule is CC(=O)N[C@@H](COC(=O)/C=C/C(=O)OC(C)C)c1ccccc1.CCOC(=O)/C=C/C(=O)OC[C@H](NC(=O)C(C)(C)C)c1ccccc1.CCOC(=O)/C=C/C(=O)OC[C@H](NC(=O)C(C)C)c1ccccc1.CCOC(=O)/C=C/C(=O)OC[C@H](NC(=O)C1CCCCC1)c1ccccc1.CCOC(=O)/C=C/C(=O)OC[C@H](NC(=O)CC)c1ccccc1.CCOC(=O)/C=C/C(=O)OC[C@H](NC(=O)c1ccccc1)c1ccccc1. The second-order valence-electron chi connectivity index (χ2n) is 33.5. The summed E-state index contributed by atoms with van der Waals surface area (Å²) in [7, 11) is 0. The van der Waals surface area contributed by atoms with Gasteiger partial charge in [0.2, 0.25) is 29.5 Å². The van der Waals surface area contributed by atoms with E-state index in [1.807, 2.05) is 188 Å². The smallest absolute Gasteiger partial charge is 0.331 e. The first-order valence-corrected chi connectivity index (χ1v) is 48.6. The first kappa shape index (κ1) is 127. The summed E-state index contributed by atoms with van der Waals surface area (Å²) < 4.78 is 59.1. The van der Waals surface area contributed by atoms with E-state index in [-0.39, 0.29) is 126 Å². The van der Waals surface area contributed by atoms with Crippen molar-refractivity contribution in [2.75, 3.05) is 72.7 Å². The summed E-state index contributed by atoms with van der Waals surface area (Å²) in [5, 5.41) is 17.1. The van der Waals surface area contributed by atoms with Crippen LogP contribution in [0.5, 0.6) is 0 Å². The molecule has 149 heavy (non-hydrogen) atoms. The molecule has 0 saturated heterocycles. The highest BCUT2D eigenvalue weighted by Crippen LogP contribution is 2.27. The zero-order chi connectivity index (χ0) is 110. The second-order valence-corrected chi connectivity index (χ2v) is 33.5. The van der Waals surface area contributed by atoms with Gasteiger partial charge in [0.1, 0.15) is 39.6 Å². The zero-order valence-corrected chi connectivity index (χ0v) is 86.6. The van der Waals surface area contributed by atoms with Gasteiger partial charge in [-0.3, -0.25) is 28.8 Å². The molecule has 0 bridgehead atoms. The Labute approximate surface area is 869 Å². The fourth-order valence-corrected chi connectivity index (χ4v) is 12.5. The average molecular weight is 2060 g/mol. The molecule has 0 aromatic heterocycles. The molecule has 6 atom stereocenters. The third-order valence-electron chi connectivity index (χ3n) is 20.0. The Hall–Kier alpha value is -16.6. The number of hydrogen-bond donors (Lipinski definition) is 6. The van der Waals surface area contributed by atoms with Crippen LogP contribution < -0.4 is 31.9 Å². The Morgan fingerprint density at radius 2 is 0.523 bits per heavy atom. The van der Waals surface area contributed by atoms with Gasteiger partial charge in [0.25, 0.3) is 5.91 Å². The lowest BCUT2D eigenvalue weighted by Gasteiger charge is -2.25. The number of nitrogens with one attached hydrogen (secondary N) is 6. The van der Waals surface area contributed by atoms with Crippen LogP contribution >= 0.6 is 0 Å². The maximum absolute atomic E-state index is 12.6. The summed E-state index contributed by atoms with van der Waals surface area (Å²) in [5.74, 6) is -8.83. The number of carbonyl (C=O) groups excluding carboxylic acids is 18. The van der Waals surface area contributed by atoms with Crippen molar-refractivity contribution in [3.05, 3.63) is 324 Å². The highest BCUT2D eigenvalue weighted by atomic mass is 16.6. The van der Waals surface area contributed by atoms with Gasteiger partial charge in [0, 0.05) is 109 Å². The van der Waals surface area contributed by atoms with Crippen molar-refractivity contribution in [2.24, 2.45) is 17.3 Å². The molecule has 0 aliphatic heterocycles. The van der Waals surface area contributed by atoms with Gasteiger partial charge in [-0.05, 0) is 107 Å². The standard InChI is InChI=1S/C21H27NO5.C21H21NO5.C19H25NO5.C18H23NO5.2C17H21NO5/c2*1-2-26-19(23)13-14-20(24)27-15-18(16-9-5-3-6-10-16)22-21(25)17-11-7-4-8-12-17;1-5-24-16(21)11-12-17(22)25-13-15(14-9-7-6-8-10-14)20-18(23)19(2,3)4;1-4-23-16(20)10-11-17(21)24-12-15(19-18(22)13(2)3)14-8-6-5-7-9-14;1-12(2)23-17(21)10-9-16(20)22-11-15(18-13(3)19)14-7-5-4-6-8-14;1-3-15(19)18-14(13-8-6-5-7-9-13)12-23-17(21)11-10-16(20)22-4-2/h3,5-6,9-10,13-14,17-18H,2,4,7-8,11-12,15H2,1H3,(H,22,25);3-14,18H,2,15H2,1H3,(H,22,25);6-12,15H,5,13H2,1-4H3,(H,20,23);5-11,13,15H,4,12H2,1-3H3,(H,19,22);4-10,12,15H,11H2,1-3H3,(H,18,19);5-11,14H,3-4,12H2,1-2H3,(H,18,19)/b2*14-13+;12-11+;11-10+;10-9+;11-10+/t2*18-;3*15-;14-/m000000/s1. The molecule has 8 rings (SSSR count). The summed E-state index contributed by atoms with van der Waals surface area (Å²) in [6.45, 7) is 24.8. The first-order valence-electron chi connectivity index (χ1n) is 48.6. The van der Waals surface area contributed by atoms with Gasteiger partial charge in [0.05, 0.1) is 75.4 Å². The molecule has 7 aromatic carbocycles. The molecular weight excluding hydrogens is 1920 g/mol. The predicted molar refractivity (Wildman–Crippen MR) is 552 cm³/mol. The Morgan fingerprint density at radius 1 is 0.289 bits per heavy atom. The van der Waals surface area contributed by atoms with Crippen molar-refractivity contribution >= 4 is 107 Å². The predicted octanol–water partition coefficient (Wildman–Crippen LogP) is 14.5. The maximum atomic E-state index is 12.6. The first-order chi connectivity index (χ1) is 71.3. The lowest BCUT2D eigenvalue weighted by molar-refractivity contribution is -0.143. The highest BCUT2D eigenvalue weighted by Gasteiger charge is 2.29. The van der Waals surface area contributed by atoms with Gasteiger partial charge in [-0.2, -0.15) is 0 Å². The van der Waals surface area contributed by atoms with Gasteiger partial charge in [0.15, 0.2) is 0 Å². The molecular formula is C113H138N6O30. The fraction of sp³-hybridized carbons (Fsp3) is 0.363. The van der Waals surface area contributed by atoms with Crippen LogP contribution in [-0.4, -0.2) is 186 Å². The van der Waals surface area contributed by atoms with Crippen LogP contribution in [-0.2, 0) is 138 Å². The number of esters is 12. The van der Waals surface area contributed by atoms with Crippen molar-refractivity contribution in [3.63, 3.8) is 0 Å². The number of rotatable bonds is 46. The summed E-state index contributed by atoms with van der Waals surface area (Å²) in [6.07, 6.45) is 17.3. The molecule has 1 aliphatic rings. The molecule has 0 heterocycles. The van der Waals surface area contributed by atoms with Gasteiger partial charge in [-0.25, -0.2) is 57.5 Å². The number of amides is 6. The number of hydrogen-bond acceptors (Lipinski definition) is 30. The van der Waals surface area contributed by atoms with Crippen molar-refractivity contribution < 1.29 is 143 Å². The number of carbonyl (C=O) groups is 18. The Bertz CT molecular complexity index is 5490. The topological polar surface area (TPSA) is 490 Å². The molecule has 6 N–H and O–H groups in total. The van der Waals surface area contributed by atoms with Crippen LogP contribution in [0.4, 0.5) is 0 Å². The Kier molecular flexibility index (Phi) is 63.2. The van der Waals surface area contributed by atoms with Crippen LogP contribution in [0.25, 0.3) is 0 Å². The van der Waals surface area contributed by atoms with Gasteiger partial charge in [-0.15, -0.1) is 0 Å². The normalized spacial score (nSPS) is 12.7. The molecule has 800 valence electrons. The minimum atomic E-state index is -0.696.